The number of rotatable bonds is 3. The van der Waals surface area contributed by atoms with E-state index in [-0.39, 0.29) is 12.3 Å². The number of aliphatic hydroxyl groups is 1. The molecule has 5 heteroatoms. The van der Waals surface area contributed by atoms with E-state index < -0.39 is 6.10 Å². The summed E-state index contributed by atoms with van der Waals surface area (Å²) in [6.07, 6.45) is -0.909. The quantitative estimate of drug-likeness (QED) is 0.781. The van der Waals surface area contributed by atoms with Crippen molar-refractivity contribution in [1.29, 1.82) is 0 Å². The number of phenols is 1. The van der Waals surface area contributed by atoms with Crippen molar-refractivity contribution < 1.29 is 14.9 Å². The second-order valence-electron chi connectivity index (χ2n) is 3.22. The predicted molar refractivity (Wildman–Crippen MR) is 61.1 cm³/mol. The molecule has 4 N–H and O–H groups in total. The first kappa shape index (κ1) is 12.3. The Morgan fingerprint density at radius 3 is 2.67 bits per heavy atom. The van der Waals surface area contributed by atoms with Crippen LogP contribution in [-0.2, 0) is 0 Å². The van der Waals surface area contributed by atoms with Gasteiger partial charge in [-0.05, 0) is 34.5 Å². The first-order chi connectivity index (χ1) is 7.02. The van der Waals surface area contributed by atoms with Gasteiger partial charge in [0.2, 0.25) is 0 Å². The molecule has 0 heterocycles. The number of phenolic OH excluding ortho intramolecular Hbond substituents is 1. The largest absolute Gasteiger partial charge is 0.504 e. The number of ether oxygens (including phenoxy) is 1. The smallest absolute Gasteiger partial charge is 0.164 e. The van der Waals surface area contributed by atoms with Gasteiger partial charge in [-0.3, -0.25) is 0 Å². The number of methoxy groups -OCH3 is 1. The second-order valence-corrected chi connectivity index (χ2v) is 4.02. The highest BCUT2D eigenvalue weighted by Gasteiger charge is 2.20. The zero-order valence-electron chi connectivity index (χ0n) is 8.62. The number of aliphatic hydroxyl groups excluding tert-OH is 1. The highest BCUT2D eigenvalue weighted by Crippen LogP contribution is 2.40. The van der Waals surface area contributed by atoms with Crippen molar-refractivity contribution in [2.75, 3.05) is 13.7 Å². The van der Waals surface area contributed by atoms with Crippen LogP contribution >= 0.6 is 15.9 Å². The van der Waals surface area contributed by atoms with E-state index >= 15 is 0 Å². The molecular formula is C10H14BrNO3. The van der Waals surface area contributed by atoms with Crippen molar-refractivity contribution in [1.82, 2.24) is 0 Å². The fraction of sp³-hybridized carbons (Fsp3) is 0.400. The summed E-state index contributed by atoms with van der Waals surface area (Å²) in [5, 5.41) is 19.5. The second kappa shape index (κ2) is 4.83. The Morgan fingerprint density at radius 2 is 2.20 bits per heavy atom. The molecule has 1 aromatic rings. The Hall–Kier alpha value is -0.780. The Balaban J connectivity index is 3.40. The van der Waals surface area contributed by atoms with Gasteiger partial charge < -0.3 is 20.7 Å². The maximum absolute atomic E-state index is 9.83. The number of aromatic hydroxyl groups is 1. The SMILES string of the molecule is COc1cc(C)c(Br)c(C(O)CN)c1O. The van der Waals surface area contributed by atoms with Gasteiger partial charge in [0.15, 0.2) is 11.5 Å². The van der Waals surface area contributed by atoms with E-state index in [1.165, 1.54) is 7.11 Å². The highest BCUT2D eigenvalue weighted by atomic mass is 79.9. The number of hydrogen-bond donors (Lipinski definition) is 3. The van der Waals surface area contributed by atoms with Crippen LogP contribution in [0.1, 0.15) is 17.2 Å². The van der Waals surface area contributed by atoms with Crippen LogP contribution in [0.15, 0.2) is 10.5 Å². The lowest BCUT2D eigenvalue weighted by atomic mass is 10.0. The molecule has 1 aromatic carbocycles. The lowest BCUT2D eigenvalue weighted by Gasteiger charge is -2.16. The molecule has 0 aliphatic heterocycles. The maximum Gasteiger partial charge on any atom is 0.164 e. The normalized spacial score (nSPS) is 12.6. The molecule has 0 spiro atoms. The molecule has 0 fully saturated rings. The van der Waals surface area contributed by atoms with E-state index in [0.717, 1.165) is 5.56 Å². The van der Waals surface area contributed by atoms with Gasteiger partial charge in [0.1, 0.15) is 0 Å². The van der Waals surface area contributed by atoms with Crippen molar-refractivity contribution >= 4 is 15.9 Å². The molecule has 1 atom stereocenters. The molecule has 0 bridgehead atoms. The van der Waals surface area contributed by atoms with E-state index in [2.05, 4.69) is 15.9 Å². The molecule has 0 amide bonds. The maximum atomic E-state index is 9.83. The van der Waals surface area contributed by atoms with E-state index in [0.29, 0.717) is 15.8 Å². The highest BCUT2D eigenvalue weighted by molar-refractivity contribution is 9.10. The van der Waals surface area contributed by atoms with Gasteiger partial charge in [0.25, 0.3) is 0 Å². The molecule has 0 aromatic heterocycles. The molecular weight excluding hydrogens is 262 g/mol. The summed E-state index contributed by atoms with van der Waals surface area (Å²) >= 11 is 3.30. The van der Waals surface area contributed by atoms with Crippen LogP contribution in [0.25, 0.3) is 0 Å². The summed E-state index contributed by atoms with van der Waals surface area (Å²) in [6, 6.07) is 1.69. The molecule has 0 saturated carbocycles. The number of halogens is 1. The van der Waals surface area contributed by atoms with Gasteiger partial charge in [-0.1, -0.05) is 0 Å². The number of aryl methyl sites for hydroxylation is 1. The molecule has 0 saturated heterocycles. The Morgan fingerprint density at radius 1 is 1.60 bits per heavy atom. The van der Waals surface area contributed by atoms with Gasteiger partial charge >= 0.3 is 0 Å². The van der Waals surface area contributed by atoms with Gasteiger partial charge in [-0.15, -0.1) is 0 Å². The zero-order valence-corrected chi connectivity index (χ0v) is 10.2. The van der Waals surface area contributed by atoms with Crippen LogP contribution in [0.5, 0.6) is 11.5 Å². The lowest BCUT2D eigenvalue weighted by Crippen LogP contribution is -2.13. The molecule has 4 nitrogen and oxygen atoms in total. The molecule has 15 heavy (non-hydrogen) atoms. The van der Waals surface area contributed by atoms with Crippen molar-refractivity contribution in [2.45, 2.75) is 13.0 Å². The van der Waals surface area contributed by atoms with Gasteiger partial charge in [-0.2, -0.15) is 0 Å². The van der Waals surface area contributed by atoms with Crippen LogP contribution in [0.2, 0.25) is 0 Å². The summed E-state index contributed by atoms with van der Waals surface area (Å²) in [6.45, 7) is 1.89. The molecule has 84 valence electrons. The average Bonchev–Trinajstić information content (AvgIpc) is 2.23. The van der Waals surface area contributed by atoms with Gasteiger partial charge in [0, 0.05) is 16.6 Å². The topological polar surface area (TPSA) is 75.7 Å². The van der Waals surface area contributed by atoms with Crippen molar-refractivity contribution in [3.05, 3.63) is 21.7 Å². The summed E-state index contributed by atoms with van der Waals surface area (Å²) in [5.74, 6) is 0.256. The Labute approximate surface area is 96.8 Å². The monoisotopic (exact) mass is 275 g/mol. The summed E-state index contributed by atoms with van der Waals surface area (Å²) < 4.78 is 5.64. The average molecular weight is 276 g/mol. The zero-order chi connectivity index (χ0) is 11.6. The van der Waals surface area contributed by atoms with Crippen molar-refractivity contribution in [3.63, 3.8) is 0 Å². The third-order valence-electron chi connectivity index (χ3n) is 2.20. The summed E-state index contributed by atoms with van der Waals surface area (Å²) in [5.41, 5.74) is 6.60. The number of benzene rings is 1. The number of hydrogen-bond acceptors (Lipinski definition) is 4. The summed E-state index contributed by atoms with van der Waals surface area (Å²) in [7, 11) is 1.46. The molecule has 0 aliphatic rings. The van der Waals surface area contributed by atoms with Crippen molar-refractivity contribution in [2.24, 2.45) is 5.73 Å². The summed E-state index contributed by atoms with van der Waals surface area (Å²) in [4.78, 5) is 0. The van der Waals surface area contributed by atoms with E-state index in [9.17, 15) is 10.2 Å². The van der Waals surface area contributed by atoms with Crippen LogP contribution in [0.4, 0.5) is 0 Å². The van der Waals surface area contributed by atoms with E-state index in [1.807, 2.05) is 6.92 Å². The van der Waals surface area contributed by atoms with Gasteiger partial charge in [-0.25, -0.2) is 0 Å². The first-order valence-corrected chi connectivity index (χ1v) is 5.26. The standard InChI is InChI=1S/C10H14BrNO3/c1-5-3-7(15-2)10(14)8(9(5)11)6(13)4-12/h3,6,13-14H,4,12H2,1-2H3. The molecule has 1 rings (SSSR count). The van der Waals surface area contributed by atoms with Crippen LogP contribution < -0.4 is 10.5 Å². The minimum absolute atomic E-state index is 0.0404. The number of nitrogens with two attached hydrogens (primary N) is 1. The molecule has 0 radical (unpaired) electrons. The van der Waals surface area contributed by atoms with E-state index in [4.69, 9.17) is 10.5 Å². The molecule has 0 aliphatic carbocycles. The fourth-order valence-electron chi connectivity index (χ4n) is 1.36. The fourth-order valence-corrected chi connectivity index (χ4v) is 1.92. The van der Waals surface area contributed by atoms with Crippen LogP contribution in [-0.4, -0.2) is 23.9 Å². The van der Waals surface area contributed by atoms with Gasteiger partial charge in [0.05, 0.1) is 13.2 Å². The third-order valence-corrected chi connectivity index (χ3v) is 3.25. The lowest BCUT2D eigenvalue weighted by molar-refractivity contribution is 0.180. The van der Waals surface area contributed by atoms with Crippen molar-refractivity contribution in [3.8, 4) is 11.5 Å². The predicted octanol–water partition coefficient (Wildman–Crippen LogP) is 1.46. The Bertz CT molecular complexity index is 368. The minimum atomic E-state index is -0.909. The van der Waals surface area contributed by atoms with E-state index in [1.54, 1.807) is 6.07 Å². The van der Waals surface area contributed by atoms with Crippen LogP contribution in [0, 0.1) is 6.92 Å². The third kappa shape index (κ3) is 2.25. The molecule has 1 unspecified atom stereocenters. The minimum Gasteiger partial charge on any atom is -0.504 e. The van der Waals surface area contributed by atoms with Crippen LogP contribution in [0.3, 0.4) is 0 Å². The first-order valence-electron chi connectivity index (χ1n) is 4.47. The Kier molecular flexibility index (Phi) is 3.96.